The van der Waals surface area contributed by atoms with Crippen molar-refractivity contribution in [3.63, 3.8) is 0 Å². The van der Waals surface area contributed by atoms with E-state index in [1.807, 2.05) is 0 Å². The number of rotatable bonds is 17. The third-order valence-electron chi connectivity index (χ3n) is 6.36. The molecule has 2 unspecified atom stereocenters. The minimum absolute atomic E-state index is 0.0704. The molecule has 0 aliphatic carbocycles. The van der Waals surface area contributed by atoms with E-state index in [0.29, 0.717) is 6.61 Å². The zero-order valence-corrected chi connectivity index (χ0v) is 20.8. The van der Waals surface area contributed by atoms with Crippen molar-refractivity contribution < 1.29 is 53.6 Å². The number of ether oxygens (including phenoxy) is 7. The van der Waals surface area contributed by atoms with Crippen LogP contribution in [0, 0.1) is 0 Å². The summed E-state index contributed by atoms with van der Waals surface area (Å²) < 4.78 is 40.1. The zero-order valence-electron chi connectivity index (χ0n) is 20.8. The van der Waals surface area contributed by atoms with Crippen LogP contribution in [0.15, 0.2) is 0 Å². The van der Waals surface area contributed by atoms with Crippen LogP contribution in [0.1, 0.15) is 45.4 Å². The van der Waals surface area contributed by atoms with E-state index >= 15 is 0 Å². The molecule has 34 heavy (non-hydrogen) atoms. The maximum Gasteiger partial charge on any atom is 0.187 e. The standard InChI is InChI=1S/C23H44O11/c1-5-6-7-8-9-10-11-31-23-21(30-4)20(29-3)19(34-23)15(13-28-2)32-22-17(27)16(26)18(33-22)14(25)12-24/h14-27H,5-13H2,1-4H3/t14?,15?,16-,17-,18-,19-,20+,21-,22-,23-/m1/s1. The Kier molecular flexibility index (Phi) is 13.7. The van der Waals surface area contributed by atoms with Crippen LogP contribution in [0.5, 0.6) is 0 Å². The Hall–Kier alpha value is -0.440. The van der Waals surface area contributed by atoms with Gasteiger partial charge in [0.05, 0.1) is 13.2 Å². The predicted molar refractivity (Wildman–Crippen MR) is 120 cm³/mol. The lowest BCUT2D eigenvalue weighted by molar-refractivity contribution is -0.245. The lowest BCUT2D eigenvalue weighted by Gasteiger charge is -2.30. The van der Waals surface area contributed by atoms with Gasteiger partial charge in [-0.1, -0.05) is 39.0 Å². The fourth-order valence-electron chi connectivity index (χ4n) is 4.43. The summed E-state index contributed by atoms with van der Waals surface area (Å²) in [6.45, 7) is 2.15. The van der Waals surface area contributed by atoms with Gasteiger partial charge in [0.25, 0.3) is 0 Å². The Morgan fingerprint density at radius 3 is 2.09 bits per heavy atom. The van der Waals surface area contributed by atoms with Crippen LogP contribution >= 0.6 is 0 Å². The molecular formula is C23H44O11. The molecule has 2 aliphatic heterocycles. The smallest absolute Gasteiger partial charge is 0.187 e. The summed E-state index contributed by atoms with van der Waals surface area (Å²) in [5.41, 5.74) is 0. The summed E-state index contributed by atoms with van der Waals surface area (Å²) in [6, 6.07) is 0. The average molecular weight is 497 g/mol. The van der Waals surface area contributed by atoms with E-state index in [0.717, 1.165) is 12.8 Å². The molecule has 2 rings (SSSR count). The normalized spacial score (nSPS) is 35.6. The highest BCUT2D eigenvalue weighted by atomic mass is 16.8. The molecule has 0 radical (unpaired) electrons. The molecule has 0 bridgehead atoms. The summed E-state index contributed by atoms with van der Waals surface area (Å²) in [5, 5.41) is 39.6. The minimum atomic E-state index is -1.44. The van der Waals surface area contributed by atoms with Crippen LogP contribution in [0.25, 0.3) is 0 Å². The number of unbranched alkanes of at least 4 members (excludes halogenated alkanes) is 5. The van der Waals surface area contributed by atoms with E-state index < -0.39 is 68.0 Å². The Labute approximate surface area is 202 Å². The molecule has 0 aromatic heterocycles. The average Bonchev–Trinajstić information content (AvgIpc) is 3.34. The van der Waals surface area contributed by atoms with E-state index in [1.54, 1.807) is 7.11 Å². The molecule has 0 aromatic carbocycles. The highest BCUT2D eigenvalue weighted by molar-refractivity contribution is 4.96. The van der Waals surface area contributed by atoms with Gasteiger partial charge in [0.2, 0.25) is 0 Å². The molecule has 2 saturated heterocycles. The first-order valence-corrected chi connectivity index (χ1v) is 12.2. The van der Waals surface area contributed by atoms with Crippen LogP contribution in [-0.2, 0) is 33.2 Å². The SMILES string of the molecule is CCCCCCCCO[C@@H]1O[C@H](C(COC)O[C@@H]2O[C@H](C(O)CO)[C@H](O)[C@H]2O)[C@H](OC)[C@H]1OC. The number of aliphatic hydroxyl groups is 4. The first-order chi connectivity index (χ1) is 16.4. The maximum absolute atomic E-state index is 10.4. The fourth-order valence-corrected chi connectivity index (χ4v) is 4.43. The maximum atomic E-state index is 10.4. The van der Waals surface area contributed by atoms with E-state index in [-0.39, 0.29) is 6.61 Å². The van der Waals surface area contributed by atoms with Crippen molar-refractivity contribution in [2.75, 3.05) is 41.2 Å². The Morgan fingerprint density at radius 1 is 0.824 bits per heavy atom. The van der Waals surface area contributed by atoms with Crippen molar-refractivity contribution in [2.45, 2.75) is 107 Å². The molecule has 11 nitrogen and oxygen atoms in total. The zero-order chi connectivity index (χ0) is 25.1. The fraction of sp³-hybridized carbons (Fsp3) is 1.00. The summed E-state index contributed by atoms with van der Waals surface area (Å²) in [4.78, 5) is 0. The van der Waals surface area contributed by atoms with Gasteiger partial charge in [-0.05, 0) is 6.42 Å². The van der Waals surface area contributed by atoms with Crippen molar-refractivity contribution in [3.8, 4) is 0 Å². The molecule has 0 amide bonds. The third-order valence-corrected chi connectivity index (χ3v) is 6.36. The Bertz CT molecular complexity index is 539. The van der Waals surface area contributed by atoms with Gasteiger partial charge in [0.15, 0.2) is 12.6 Å². The van der Waals surface area contributed by atoms with Crippen LogP contribution < -0.4 is 0 Å². The Balaban J connectivity index is 1.99. The first kappa shape index (κ1) is 29.8. The number of methoxy groups -OCH3 is 3. The van der Waals surface area contributed by atoms with Gasteiger partial charge >= 0.3 is 0 Å². The molecule has 2 heterocycles. The second kappa shape index (κ2) is 15.6. The topological polar surface area (TPSA) is 146 Å². The molecule has 2 fully saturated rings. The van der Waals surface area contributed by atoms with Crippen LogP contribution in [-0.4, -0.2) is 123 Å². The van der Waals surface area contributed by atoms with E-state index in [2.05, 4.69) is 6.92 Å². The summed E-state index contributed by atoms with van der Waals surface area (Å²) in [7, 11) is 4.58. The van der Waals surface area contributed by atoms with E-state index in [1.165, 1.54) is 39.9 Å². The highest BCUT2D eigenvalue weighted by Gasteiger charge is 2.53. The van der Waals surface area contributed by atoms with Crippen LogP contribution in [0.4, 0.5) is 0 Å². The minimum Gasteiger partial charge on any atom is -0.394 e. The van der Waals surface area contributed by atoms with Crippen LogP contribution in [0.2, 0.25) is 0 Å². The molecule has 0 aromatic rings. The molecule has 11 heteroatoms. The monoisotopic (exact) mass is 496 g/mol. The van der Waals surface area contributed by atoms with E-state index in [4.69, 9.17) is 33.2 Å². The summed E-state index contributed by atoms with van der Waals surface area (Å²) >= 11 is 0. The molecule has 0 saturated carbocycles. The van der Waals surface area contributed by atoms with Crippen molar-refractivity contribution >= 4 is 0 Å². The van der Waals surface area contributed by atoms with Crippen molar-refractivity contribution in [3.05, 3.63) is 0 Å². The molecule has 2 aliphatic rings. The van der Waals surface area contributed by atoms with Gasteiger partial charge in [-0.25, -0.2) is 0 Å². The van der Waals surface area contributed by atoms with Crippen molar-refractivity contribution in [1.29, 1.82) is 0 Å². The Morgan fingerprint density at radius 2 is 1.47 bits per heavy atom. The lowest BCUT2D eigenvalue weighted by Crippen LogP contribution is -2.47. The molecular weight excluding hydrogens is 452 g/mol. The summed E-state index contributed by atoms with van der Waals surface area (Å²) in [6.07, 6.45) is -3.07. The van der Waals surface area contributed by atoms with Gasteiger partial charge in [0, 0.05) is 27.9 Å². The van der Waals surface area contributed by atoms with Crippen molar-refractivity contribution in [2.24, 2.45) is 0 Å². The predicted octanol–water partition coefficient (Wildman–Crippen LogP) is -0.0501. The summed E-state index contributed by atoms with van der Waals surface area (Å²) in [5.74, 6) is 0. The number of hydrogen-bond donors (Lipinski definition) is 4. The third kappa shape index (κ3) is 7.78. The second-order valence-electron chi connectivity index (χ2n) is 8.84. The first-order valence-electron chi connectivity index (χ1n) is 12.2. The van der Waals surface area contributed by atoms with Gasteiger partial charge in [-0.15, -0.1) is 0 Å². The second-order valence-corrected chi connectivity index (χ2v) is 8.84. The quantitative estimate of drug-likeness (QED) is 0.201. The van der Waals surface area contributed by atoms with Gasteiger partial charge in [-0.2, -0.15) is 0 Å². The van der Waals surface area contributed by atoms with E-state index in [9.17, 15) is 20.4 Å². The van der Waals surface area contributed by atoms with Crippen molar-refractivity contribution in [1.82, 2.24) is 0 Å². The number of aliphatic hydroxyl groups excluding tert-OH is 4. The van der Waals surface area contributed by atoms with Gasteiger partial charge < -0.3 is 53.6 Å². The molecule has 10 atom stereocenters. The molecule has 4 N–H and O–H groups in total. The molecule has 0 spiro atoms. The van der Waals surface area contributed by atoms with Crippen LogP contribution in [0.3, 0.4) is 0 Å². The van der Waals surface area contributed by atoms with Gasteiger partial charge in [-0.3, -0.25) is 0 Å². The number of hydrogen-bond acceptors (Lipinski definition) is 11. The lowest BCUT2D eigenvalue weighted by atomic mass is 10.0. The largest absolute Gasteiger partial charge is 0.394 e. The van der Waals surface area contributed by atoms with Gasteiger partial charge in [0.1, 0.15) is 48.8 Å². The molecule has 202 valence electrons. The highest BCUT2D eigenvalue weighted by Crippen LogP contribution is 2.33.